The van der Waals surface area contributed by atoms with Crippen molar-refractivity contribution in [3.63, 3.8) is 0 Å². The number of carbonyl (C=O) groups is 1. The van der Waals surface area contributed by atoms with Gasteiger partial charge in [0.15, 0.2) is 0 Å². The summed E-state index contributed by atoms with van der Waals surface area (Å²) in [6.45, 7) is 0. The minimum absolute atomic E-state index is 0.0462. The van der Waals surface area contributed by atoms with Crippen LogP contribution in [0.1, 0.15) is 23.7 Å². The van der Waals surface area contributed by atoms with E-state index in [1.54, 1.807) is 24.3 Å². The molecule has 0 spiro atoms. The predicted octanol–water partition coefficient (Wildman–Crippen LogP) is 4.20. The number of carbonyl (C=O) groups excluding carboxylic acids is 1. The van der Waals surface area contributed by atoms with Crippen molar-refractivity contribution >= 4 is 16.9 Å². The lowest BCUT2D eigenvalue weighted by Crippen LogP contribution is -2.21. The largest absolute Gasteiger partial charge is 0.507 e. The van der Waals surface area contributed by atoms with E-state index < -0.39 is 11.9 Å². The van der Waals surface area contributed by atoms with Crippen LogP contribution in [0.25, 0.3) is 22.1 Å². The average molecular weight is 374 g/mol. The summed E-state index contributed by atoms with van der Waals surface area (Å²) in [6.07, 6.45) is 2.93. The number of phenolic OH excluding ortho intramolecular Hbond substituents is 1. The summed E-state index contributed by atoms with van der Waals surface area (Å²) < 4.78 is 16.6. The number of esters is 1. The van der Waals surface area contributed by atoms with Gasteiger partial charge in [-0.3, -0.25) is 9.59 Å². The smallest absolute Gasteiger partial charge is 0.312 e. The molecule has 0 aliphatic carbocycles. The van der Waals surface area contributed by atoms with Gasteiger partial charge in [-0.05, 0) is 17.7 Å². The van der Waals surface area contributed by atoms with Gasteiger partial charge in [-0.1, -0.05) is 30.3 Å². The van der Waals surface area contributed by atoms with Gasteiger partial charge in [-0.25, -0.2) is 0 Å². The maximum atomic E-state index is 13.1. The Labute approximate surface area is 158 Å². The summed E-state index contributed by atoms with van der Waals surface area (Å²) in [5.41, 5.74) is 1.37. The highest BCUT2D eigenvalue weighted by molar-refractivity contribution is 5.94. The summed E-state index contributed by atoms with van der Waals surface area (Å²) in [5.74, 6) is -0.498. The van der Waals surface area contributed by atoms with Crippen LogP contribution in [0.2, 0.25) is 0 Å². The number of rotatable bonds is 2. The second kappa shape index (κ2) is 6.13. The molecule has 1 aliphatic rings. The Bertz CT molecular complexity index is 1250. The third-order valence-electron chi connectivity index (χ3n) is 4.94. The van der Waals surface area contributed by atoms with Gasteiger partial charge < -0.3 is 18.7 Å². The lowest BCUT2D eigenvalue weighted by Gasteiger charge is -2.24. The van der Waals surface area contributed by atoms with Crippen LogP contribution in [0.5, 0.6) is 11.5 Å². The van der Waals surface area contributed by atoms with Crippen LogP contribution in [-0.4, -0.2) is 11.1 Å². The van der Waals surface area contributed by atoms with E-state index in [0.717, 1.165) is 0 Å². The summed E-state index contributed by atoms with van der Waals surface area (Å²) in [4.78, 5) is 25.2. The van der Waals surface area contributed by atoms with Gasteiger partial charge in [0.2, 0.25) is 5.43 Å². The molecule has 1 unspecified atom stereocenters. The van der Waals surface area contributed by atoms with Crippen LogP contribution in [0.3, 0.4) is 0 Å². The zero-order valence-electron chi connectivity index (χ0n) is 14.5. The second-order valence-electron chi connectivity index (χ2n) is 6.60. The van der Waals surface area contributed by atoms with Crippen LogP contribution in [-0.2, 0) is 4.79 Å². The molecule has 5 rings (SSSR count). The predicted molar refractivity (Wildman–Crippen MR) is 100 cm³/mol. The highest BCUT2D eigenvalue weighted by Crippen LogP contribution is 2.45. The molecule has 0 fully saturated rings. The van der Waals surface area contributed by atoms with E-state index in [-0.39, 0.29) is 34.3 Å². The molecule has 1 atom stereocenters. The van der Waals surface area contributed by atoms with Gasteiger partial charge in [0, 0.05) is 11.6 Å². The SMILES string of the molecule is O=C1CC(c2ccco2)c2c(cc(O)c3c(=O)c(-c4ccccc4)coc23)O1. The third-order valence-corrected chi connectivity index (χ3v) is 4.94. The van der Waals surface area contributed by atoms with E-state index in [9.17, 15) is 14.7 Å². The quantitative estimate of drug-likeness (QED) is 0.418. The normalized spacial score (nSPS) is 16.0. The molecular weight excluding hydrogens is 360 g/mol. The fourth-order valence-electron chi connectivity index (χ4n) is 3.68. The lowest BCUT2D eigenvalue weighted by atomic mass is 9.88. The van der Waals surface area contributed by atoms with Gasteiger partial charge in [-0.15, -0.1) is 0 Å². The highest BCUT2D eigenvalue weighted by Gasteiger charge is 2.35. The van der Waals surface area contributed by atoms with Crippen LogP contribution in [0.4, 0.5) is 0 Å². The first-order valence-corrected chi connectivity index (χ1v) is 8.74. The number of fused-ring (bicyclic) bond motifs is 3. The van der Waals surface area contributed by atoms with Crippen molar-refractivity contribution in [2.75, 3.05) is 0 Å². The maximum Gasteiger partial charge on any atom is 0.312 e. The Kier molecular flexibility index (Phi) is 3.58. The Morgan fingerprint density at radius 3 is 2.57 bits per heavy atom. The van der Waals surface area contributed by atoms with E-state index in [1.807, 2.05) is 18.2 Å². The van der Waals surface area contributed by atoms with Crippen LogP contribution in [0.15, 0.2) is 74.7 Å². The zero-order chi connectivity index (χ0) is 19.3. The van der Waals surface area contributed by atoms with Crippen molar-refractivity contribution in [3.8, 4) is 22.6 Å². The molecule has 6 nitrogen and oxygen atoms in total. The Morgan fingerprint density at radius 1 is 1.00 bits per heavy atom. The molecule has 0 saturated heterocycles. The molecule has 0 radical (unpaired) electrons. The van der Waals surface area contributed by atoms with E-state index in [4.69, 9.17) is 13.6 Å². The summed E-state index contributed by atoms with van der Waals surface area (Å²) >= 11 is 0. The van der Waals surface area contributed by atoms with E-state index in [1.165, 1.54) is 18.6 Å². The maximum absolute atomic E-state index is 13.1. The molecule has 3 heterocycles. The van der Waals surface area contributed by atoms with Gasteiger partial charge in [0.05, 0.1) is 24.2 Å². The van der Waals surface area contributed by atoms with Crippen molar-refractivity contribution in [1.29, 1.82) is 0 Å². The summed E-state index contributed by atoms with van der Waals surface area (Å²) in [5, 5.41) is 10.6. The Hall–Kier alpha value is -3.80. The van der Waals surface area contributed by atoms with Crippen molar-refractivity contribution < 1.29 is 23.5 Å². The highest BCUT2D eigenvalue weighted by atomic mass is 16.5. The van der Waals surface area contributed by atoms with Crippen molar-refractivity contribution in [1.82, 2.24) is 0 Å². The molecule has 1 N–H and O–H groups in total. The number of furan rings is 1. The monoisotopic (exact) mass is 374 g/mol. The average Bonchev–Trinajstić information content (AvgIpc) is 3.22. The zero-order valence-corrected chi connectivity index (χ0v) is 14.5. The van der Waals surface area contributed by atoms with Gasteiger partial charge in [0.1, 0.15) is 34.5 Å². The van der Waals surface area contributed by atoms with E-state index >= 15 is 0 Å². The molecule has 0 bridgehead atoms. The van der Waals surface area contributed by atoms with Gasteiger partial charge in [0.25, 0.3) is 0 Å². The second-order valence-corrected chi connectivity index (χ2v) is 6.60. The van der Waals surface area contributed by atoms with Crippen molar-refractivity contribution in [2.24, 2.45) is 0 Å². The number of hydrogen-bond donors (Lipinski definition) is 1. The molecule has 2 aromatic heterocycles. The van der Waals surface area contributed by atoms with E-state index in [0.29, 0.717) is 22.5 Å². The third kappa shape index (κ3) is 2.42. The first kappa shape index (κ1) is 16.4. The number of phenols is 1. The molecule has 28 heavy (non-hydrogen) atoms. The molecule has 6 heteroatoms. The number of aromatic hydroxyl groups is 1. The van der Waals surface area contributed by atoms with Crippen molar-refractivity contribution in [2.45, 2.75) is 12.3 Å². The molecule has 0 saturated carbocycles. The minimum Gasteiger partial charge on any atom is -0.507 e. The molecule has 4 aromatic rings. The number of ether oxygens (including phenoxy) is 1. The van der Waals surface area contributed by atoms with Crippen LogP contribution in [0, 0.1) is 0 Å². The Morgan fingerprint density at radius 2 is 1.82 bits per heavy atom. The first-order valence-electron chi connectivity index (χ1n) is 8.74. The molecule has 1 aliphatic heterocycles. The van der Waals surface area contributed by atoms with E-state index in [2.05, 4.69) is 0 Å². The summed E-state index contributed by atoms with van der Waals surface area (Å²) in [7, 11) is 0. The van der Waals surface area contributed by atoms with Crippen molar-refractivity contribution in [3.05, 3.63) is 82.6 Å². The van der Waals surface area contributed by atoms with Crippen LogP contribution < -0.4 is 10.2 Å². The first-order chi connectivity index (χ1) is 13.6. The van der Waals surface area contributed by atoms with Gasteiger partial charge >= 0.3 is 5.97 Å². The molecule has 2 aromatic carbocycles. The summed E-state index contributed by atoms with van der Waals surface area (Å²) in [6, 6.07) is 13.8. The van der Waals surface area contributed by atoms with Gasteiger partial charge in [-0.2, -0.15) is 0 Å². The number of benzene rings is 2. The molecular formula is C22H14O6. The standard InChI is InChI=1S/C22H14O6/c23-15-10-17-19(13(9-18(24)28-17)16-7-4-8-26-16)22-20(15)21(25)14(11-27-22)12-5-2-1-3-6-12/h1-8,10-11,13,23H,9H2. The molecule has 0 amide bonds. The topological polar surface area (TPSA) is 89.9 Å². The van der Waals surface area contributed by atoms with Crippen LogP contribution >= 0.6 is 0 Å². The fraction of sp³-hybridized carbons (Fsp3) is 0.0909. The Balaban J connectivity index is 1.82. The lowest BCUT2D eigenvalue weighted by molar-refractivity contribution is -0.135. The fourth-order valence-corrected chi connectivity index (χ4v) is 3.68. The molecule has 138 valence electrons. The number of hydrogen-bond acceptors (Lipinski definition) is 6. The minimum atomic E-state index is -0.472.